The Bertz CT molecular complexity index is 493. The lowest BCUT2D eigenvalue weighted by Gasteiger charge is -2.30. The number of carbonyl (C=O) groups is 2. The summed E-state index contributed by atoms with van der Waals surface area (Å²) in [6.45, 7) is 0.998. The zero-order chi connectivity index (χ0) is 13.8. The van der Waals surface area contributed by atoms with E-state index < -0.39 is 6.03 Å². The van der Waals surface area contributed by atoms with Crippen LogP contribution in [-0.2, 0) is 4.79 Å². The number of nitrogens with one attached hydrogen (secondary N) is 1. The van der Waals surface area contributed by atoms with Crippen molar-refractivity contribution in [3.8, 4) is 0 Å². The van der Waals surface area contributed by atoms with Crippen molar-refractivity contribution in [3.05, 3.63) is 29.3 Å². The number of carbonyl (C=O) groups excluding carboxylic acids is 2. The average molecular weight is 282 g/mol. The summed E-state index contributed by atoms with van der Waals surface area (Å²) in [5.41, 5.74) is 5.90. The van der Waals surface area contributed by atoms with Crippen LogP contribution in [0.2, 0.25) is 5.02 Å². The molecule has 1 aliphatic heterocycles. The minimum atomic E-state index is -0.472. The second-order valence-corrected chi connectivity index (χ2v) is 5.06. The van der Waals surface area contributed by atoms with Gasteiger partial charge in [0, 0.05) is 23.8 Å². The van der Waals surface area contributed by atoms with Gasteiger partial charge in [0.2, 0.25) is 5.91 Å². The Hall–Kier alpha value is -1.75. The number of primary amides is 1. The minimum Gasteiger partial charge on any atom is -0.351 e. The molecule has 3 N–H and O–H groups in total. The van der Waals surface area contributed by atoms with Crippen molar-refractivity contribution in [1.29, 1.82) is 0 Å². The van der Waals surface area contributed by atoms with Gasteiger partial charge in [-0.05, 0) is 31.0 Å². The number of benzene rings is 1. The van der Waals surface area contributed by atoms with E-state index in [0.29, 0.717) is 23.8 Å². The van der Waals surface area contributed by atoms with E-state index in [1.165, 1.54) is 4.90 Å². The molecule has 0 saturated carbocycles. The van der Waals surface area contributed by atoms with Crippen molar-refractivity contribution >= 4 is 29.2 Å². The van der Waals surface area contributed by atoms with E-state index in [0.717, 1.165) is 12.8 Å². The van der Waals surface area contributed by atoms with Crippen molar-refractivity contribution in [3.63, 3.8) is 0 Å². The van der Waals surface area contributed by atoms with Crippen LogP contribution in [0.25, 0.3) is 0 Å². The molecule has 19 heavy (non-hydrogen) atoms. The molecule has 3 amide bonds. The quantitative estimate of drug-likeness (QED) is 0.871. The first kappa shape index (κ1) is 13.7. The Morgan fingerprint density at radius 3 is 2.89 bits per heavy atom. The number of rotatable bonds is 2. The topological polar surface area (TPSA) is 75.4 Å². The van der Waals surface area contributed by atoms with Crippen LogP contribution in [-0.4, -0.2) is 29.9 Å². The molecule has 1 saturated heterocycles. The predicted molar refractivity (Wildman–Crippen MR) is 74.0 cm³/mol. The molecule has 1 fully saturated rings. The van der Waals surface area contributed by atoms with E-state index in [9.17, 15) is 9.59 Å². The molecule has 0 radical (unpaired) electrons. The van der Waals surface area contributed by atoms with E-state index in [-0.39, 0.29) is 11.8 Å². The van der Waals surface area contributed by atoms with Crippen molar-refractivity contribution in [2.75, 3.05) is 18.4 Å². The molecule has 102 valence electrons. The summed E-state index contributed by atoms with van der Waals surface area (Å²) >= 11 is 5.86. The van der Waals surface area contributed by atoms with Crippen LogP contribution in [0.15, 0.2) is 24.3 Å². The van der Waals surface area contributed by atoms with E-state index in [4.69, 9.17) is 17.3 Å². The minimum absolute atomic E-state index is 0.104. The molecular weight excluding hydrogens is 266 g/mol. The second kappa shape index (κ2) is 5.93. The van der Waals surface area contributed by atoms with Crippen LogP contribution in [0.3, 0.4) is 0 Å². The second-order valence-electron chi connectivity index (χ2n) is 4.62. The average Bonchev–Trinajstić information content (AvgIpc) is 2.39. The SMILES string of the molecule is NC(=O)N1CCCC(C(=O)Nc2cccc(Cl)c2)C1. The van der Waals surface area contributed by atoms with Crippen molar-refractivity contribution < 1.29 is 9.59 Å². The molecule has 1 aliphatic rings. The predicted octanol–water partition coefficient (Wildman–Crippen LogP) is 2.07. The van der Waals surface area contributed by atoms with Crippen molar-refractivity contribution in [1.82, 2.24) is 4.90 Å². The van der Waals surface area contributed by atoms with Gasteiger partial charge >= 0.3 is 6.03 Å². The molecular formula is C13H16ClN3O2. The zero-order valence-electron chi connectivity index (χ0n) is 10.4. The lowest BCUT2D eigenvalue weighted by molar-refractivity contribution is -0.121. The Kier molecular flexibility index (Phi) is 4.27. The number of hydrogen-bond acceptors (Lipinski definition) is 2. The van der Waals surface area contributed by atoms with Gasteiger partial charge in [-0.2, -0.15) is 0 Å². The first-order valence-corrected chi connectivity index (χ1v) is 6.55. The van der Waals surface area contributed by atoms with Crippen molar-refractivity contribution in [2.24, 2.45) is 11.7 Å². The monoisotopic (exact) mass is 281 g/mol. The number of nitrogens with two attached hydrogens (primary N) is 1. The van der Waals surface area contributed by atoms with Crippen LogP contribution in [0.4, 0.5) is 10.5 Å². The number of halogens is 1. The molecule has 2 rings (SSSR count). The first-order chi connectivity index (χ1) is 9.06. The number of anilines is 1. The lowest BCUT2D eigenvalue weighted by Crippen LogP contribution is -2.46. The summed E-state index contributed by atoms with van der Waals surface area (Å²) in [7, 11) is 0. The fourth-order valence-corrected chi connectivity index (χ4v) is 2.39. The fourth-order valence-electron chi connectivity index (χ4n) is 2.20. The normalized spacial score (nSPS) is 19.0. The van der Waals surface area contributed by atoms with Crippen LogP contribution in [0.1, 0.15) is 12.8 Å². The maximum absolute atomic E-state index is 12.1. The maximum atomic E-state index is 12.1. The molecule has 1 aromatic rings. The van der Waals surface area contributed by atoms with Crippen LogP contribution in [0, 0.1) is 5.92 Å². The summed E-state index contributed by atoms with van der Waals surface area (Å²) in [5, 5.41) is 3.38. The molecule has 1 heterocycles. The summed E-state index contributed by atoms with van der Waals surface area (Å²) < 4.78 is 0. The number of amides is 3. The third-order valence-electron chi connectivity index (χ3n) is 3.20. The van der Waals surface area contributed by atoms with Gasteiger partial charge < -0.3 is 16.0 Å². The van der Waals surface area contributed by atoms with Crippen LogP contribution >= 0.6 is 11.6 Å². The van der Waals surface area contributed by atoms with E-state index in [2.05, 4.69) is 5.32 Å². The van der Waals surface area contributed by atoms with Gasteiger partial charge in [-0.1, -0.05) is 17.7 Å². The summed E-state index contributed by atoms with van der Waals surface area (Å²) in [4.78, 5) is 24.7. The first-order valence-electron chi connectivity index (χ1n) is 6.17. The van der Waals surface area contributed by atoms with E-state index >= 15 is 0 Å². The van der Waals surface area contributed by atoms with Gasteiger partial charge in [0.1, 0.15) is 0 Å². The number of urea groups is 1. The van der Waals surface area contributed by atoms with Gasteiger partial charge in [-0.15, -0.1) is 0 Å². The molecule has 1 atom stereocenters. The molecule has 6 heteroatoms. The summed E-state index contributed by atoms with van der Waals surface area (Å²) in [6.07, 6.45) is 1.55. The molecule has 5 nitrogen and oxygen atoms in total. The molecule has 0 aromatic heterocycles. The van der Waals surface area contributed by atoms with E-state index in [1.807, 2.05) is 0 Å². The Balaban J connectivity index is 1.98. The summed E-state index contributed by atoms with van der Waals surface area (Å²) in [5.74, 6) is -0.326. The largest absolute Gasteiger partial charge is 0.351 e. The number of likely N-dealkylation sites (tertiary alicyclic amines) is 1. The number of piperidine rings is 1. The third kappa shape index (κ3) is 3.61. The highest BCUT2D eigenvalue weighted by atomic mass is 35.5. The van der Waals surface area contributed by atoms with Crippen molar-refractivity contribution in [2.45, 2.75) is 12.8 Å². The zero-order valence-corrected chi connectivity index (χ0v) is 11.2. The smallest absolute Gasteiger partial charge is 0.314 e. The molecule has 0 spiro atoms. The van der Waals surface area contributed by atoms with Gasteiger partial charge in [0.15, 0.2) is 0 Å². The summed E-state index contributed by atoms with van der Waals surface area (Å²) in [6, 6.07) is 6.51. The van der Waals surface area contributed by atoms with Crippen LogP contribution in [0.5, 0.6) is 0 Å². The van der Waals surface area contributed by atoms with Gasteiger partial charge in [-0.3, -0.25) is 4.79 Å². The van der Waals surface area contributed by atoms with Gasteiger partial charge in [-0.25, -0.2) is 4.79 Å². The highest BCUT2D eigenvalue weighted by Gasteiger charge is 2.27. The Morgan fingerprint density at radius 1 is 1.42 bits per heavy atom. The highest BCUT2D eigenvalue weighted by molar-refractivity contribution is 6.30. The molecule has 1 unspecified atom stereocenters. The van der Waals surface area contributed by atoms with E-state index in [1.54, 1.807) is 24.3 Å². The highest BCUT2D eigenvalue weighted by Crippen LogP contribution is 2.20. The van der Waals surface area contributed by atoms with Gasteiger partial charge in [0.05, 0.1) is 5.92 Å². The van der Waals surface area contributed by atoms with Crippen LogP contribution < -0.4 is 11.1 Å². The molecule has 0 bridgehead atoms. The fraction of sp³-hybridized carbons (Fsp3) is 0.385. The standard InChI is InChI=1S/C13H16ClN3O2/c14-10-4-1-5-11(7-10)16-12(18)9-3-2-6-17(8-9)13(15)19/h1,4-5,7,9H,2-3,6,8H2,(H2,15,19)(H,16,18). The molecule has 1 aromatic carbocycles. The Labute approximate surface area is 116 Å². The number of nitrogens with zero attached hydrogens (tertiary/aromatic N) is 1. The van der Waals surface area contributed by atoms with Gasteiger partial charge in [0.25, 0.3) is 0 Å². The third-order valence-corrected chi connectivity index (χ3v) is 3.43. The lowest BCUT2D eigenvalue weighted by atomic mass is 9.97. The maximum Gasteiger partial charge on any atom is 0.314 e. The Morgan fingerprint density at radius 2 is 2.21 bits per heavy atom. The number of hydrogen-bond donors (Lipinski definition) is 2. The molecule has 0 aliphatic carbocycles.